The average Bonchev–Trinajstić information content (AvgIpc) is 2.39. The first-order chi connectivity index (χ1) is 8.26. The van der Waals surface area contributed by atoms with Gasteiger partial charge in [0.2, 0.25) is 0 Å². The third-order valence-corrected chi connectivity index (χ3v) is 3.53. The predicted molar refractivity (Wildman–Crippen MR) is 73.5 cm³/mol. The molecule has 2 aromatic rings. The second-order valence-electron chi connectivity index (χ2n) is 4.64. The summed E-state index contributed by atoms with van der Waals surface area (Å²) in [6.45, 7) is 4.41. The molecular weight excluding hydrogens is 208 g/mol. The van der Waals surface area contributed by atoms with Crippen molar-refractivity contribution in [2.24, 2.45) is 11.8 Å². The van der Waals surface area contributed by atoms with Gasteiger partial charge in [-0.15, -0.1) is 0 Å². The van der Waals surface area contributed by atoms with Gasteiger partial charge in [-0.3, -0.25) is 11.3 Å². The summed E-state index contributed by atoms with van der Waals surface area (Å²) in [5.74, 6) is 6.20. The van der Waals surface area contributed by atoms with Gasteiger partial charge in [-0.25, -0.2) is 0 Å². The standard InChI is InChI=1S/C15H20N2/c1-3-11(2)15(17-16)14-9-8-12-6-4-5-7-13(12)10-14/h4-11,15,17H,3,16H2,1-2H3. The molecule has 2 nitrogen and oxygen atoms in total. The molecule has 0 saturated heterocycles. The van der Waals surface area contributed by atoms with E-state index >= 15 is 0 Å². The van der Waals surface area contributed by atoms with E-state index in [2.05, 4.69) is 61.7 Å². The van der Waals surface area contributed by atoms with Crippen molar-refractivity contribution in [2.75, 3.05) is 0 Å². The van der Waals surface area contributed by atoms with E-state index in [4.69, 9.17) is 5.84 Å². The first-order valence-corrected chi connectivity index (χ1v) is 6.21. The van der Waals surface area contributed by atoms with E-state index in [0.717, 1.165) is 6.42 Å². The first-order valence-electron chi connectivity index (χ1n) is 6.21. The van der Waals surface area contributed by atoms with Crippen LogP contribution in [0.5, 0.6) is 0 Å². The van der Waals surface area contributed by atoms with Crippen molar-refractivity contribution in [3.05, 3.63) is 48.0 Å². The summed E-state index contributed by atoms with van der Waals surface area (Å²) in [7, 11) is 0. The highest BCUT2D eigenvalue weighted by atomic mass is 15.2. The molecule has 0 aromatic heterocycles. The lowest BCUT2D eigenvalue weighted by molar-refractivity contribution is 0.383. The highest BCUT2D eigenvalue weighted by Crippen LogP contribution is 2.26. The highest BCUT2D eigenvalue weighted by Gasteiger charge is 2.16. The molecule has 0 bridgehead atoms. The molecule has 0 aliphatic carbocycles. The highest BCUT2D eigenvalue weighted by molar-refractivity contribution is 5.83. The smallest absolute Gasteiger partial charge is 0.0485 e. The lowest BCUT2D eigenvalue weighted by Crippen LogP contribution is -2.32. The number of nitrogens with one attached hydrogen (secondary N) is 1. The fourth-order valence-corrected chi connectivity index (χ4v) is 2.23. The fourth-order valence-electron chi connectivity index (χ4n) is 2.23. The summed E-state index contributed by atoms with van der Waals surface area (Å²) in [4.78, 5) is 0. The number of benzene rings is 2. The largest absolute Gasteiger partial charge is 0.271 e. The molecule has 0 amide bonds. The molecular formula is C15H20N2. The molecule has 0 fully saturated rings. The second-order valence-corrected chi connectivity index (χ2v) is 4.64. The molecule has 2 atom stereocenters. The molecule has 17 heavy (non-hydrogen) atoms. The molecule has 0 aliphatic heterocycles. The van der Waals surface area contributed by atoms with E-state index in [1.54, 1.807) is 0 Å². The lowest BCUT2D eigenvalue weighted by atomic mass is 9.92. The monoisotopic (exact) mass is 228 g/mol. The average molecular weight is 228 g/mol. The summed E-state index contributed by atoms with van der Waals surface area (Å²) >= 11 is 0. The van der Waals surface area contributed by atoms with Gasteiger partial charge in [-0.1, -0.05) is 56.7 Å². The van der Waals surface area contributed by atoms with Crippen molar-refractivity contribution < 1.29 is 0 Å². The molecule has 0 radical (unpaired) electrons. The van der Waals surface area contributed by atoms with E-state index in [1.807, 2.05) is 0 Å². The topological polar surface area (TPSA) is 38.0 Å². The van der Waals surface area contributed by atoms with E-state index < -0.39 is 0 Å². The molecule has 2 heteroatoms. The van der Waals surface area contributed by atoms with Crippen LogP contribution in [0.2, 0.25) is 0 Å². The minimum Gasteiger partial charge on any atom is -0.271 e. The molecule has 0 aliphatic rings. The van der Waals surface area contributed by atoms with Crippen molar-refractivity contribution >= 4 is 10.8 Å². The maximum absolute atomic E-state index is 5.68. The fraction of sp³-hybridized carbons (Fsp3) is 0.333. The number of rotatable bonds is 4. The first kappa shape index (κ1) is 12.1. The van der Waals surface area contributed by atoms with Crippen molar-refractivity contribution in [3.63, 3.8) is 0 Å². The van der Waals surface area contributed by atoms with Crippen LogP contribution in [0.1, 0.15) is 31.9 Å². The molecule has 0 heterocycles. The zero-order valence-corrected chi connectivity index (χ0v) is 10.5. The molecule has 90 valence electrons. The maximum Gasteiger partial charge on any atom is 0.0485 e. The third-order valence-electron chi connectivity index (χ3n) is 3.53. The van der Waals surface area contributed by atoms with Gasteiger partial charge in [-0.05, 0) is 28.3 Å². The number of hydrazine groups is 1. The van der Waals surface area contributed by atoms with Crippen LogP contribution in [0, 0.1) is 5.92 Å². The van der Waals surface area contributed by atoms with Crippen LogP contribution in [-0.4, -0.2) is 0 Å². The minimum atomic E-state index is 0.226. The Balaban J connectivity index is 2.40. The van der Waals surface area contributed by atoms with Crippen molar-refractivity contribution in [1.82, 2.24) is 5.43 Å². The number of hydrogen-bond acceptors (Lipinski definition) is 2. The summed E-state index contributed by atoms with van der Waals surface area (Å²) in [6.07, 6.45) is 1.11. The molecule has 2 rings (SSSR count). The Morgan fingerprint density at radius 2 is 1.82 bits per heavy atom. The predicted octanol–water partition coefficient (Wildman–Crippen LogP) is 3.39. The van der Waals surface area contributed by atoms with Crippen molar-refractivity contribution in [1.29, 1.82) is 0 Å². The van der Waals surface area contributed by atoms with Crippen LogP contribution in [0.3, 0.4) is 0 Å². The van der Waals surface area contributed by atoms with Crippen LogP contribution < -0.4 is 11.3 Å². The van der Waals surface area contributed by atoms with Gasteiger partial charge in [0.15, 0.2) is 0 Å². The van der Waals surface area contributed by atoms with Gasteiger partial charge in [0, 0.05) is 6.04 Å². The van der Waals surface area contributed by atoms with Crippen LogP contribution in [-0.2, 0) is 0 Å². The zero-order valence-electron chi connectivity index (χ0n) is 10.5. The molecule has 3 N–H and O–H groups in total. The van der Waals surface area contributed by atoms with Crippen molar-refractivity contribution in [3.8, 4) is 0 Å². The third kappa shape index (κ3) is 2.48. The van der Waals surface area contributed by atoms with Gasteiger partial charge in [0.05, 0.1) is 0 Å². The summed E-state index contributed by atoms with van der Waals surface area (Å²) in [6, 6.07) is 15.2. The van der Waals surface area contributed by atoms with Crippen molar-refractivity contribution in [2.45, 2.75) is 26.3 Å². The molecule has 2 aromatic carbocycles. The van der Waals surface area contributed by atoms with Gasteiger partial charge in [0.1, 0.15) is 0 Å². The Labute approximate surface area is 103 Å². The van der Waals surface area contributed by atoms with Gasteiger partial charge in [0.25, 0.3) is 0 Å². The number of fused-ring (bicyclic) bond motifs is 1. The summed E-state index contributed by atoms with van der Waals surface area (Å²) in [5.41, 5.74) is 4.20. The molecule has 0 spiro atoms. The molecule has 0 saturated carbocycles. The van der Waals surface area contributed by atoms with Gasteiger partial charge in [-0.2, -0.15) is 0 Å². The van der Waals surface area contributed by atoms with E-state index in [1.165, 1.54) is 16.3 Å². The van der Waals surface area contributed by atoms with E-state index in [0.29, 0.717) is 5.92 Å². The van der Waals surface area contributed by atoms with E-state index in [9.17, 15) is 0 Å². The normalized spacial score (nSPS) is 14.8. The van der Waals surface area contributed by atoms with E-state index in [-0.39, 0.29) is 6.04 Å². The Morgan fingerprint density at radius 3 is 2.47 bits per heavy atom. The maximum atomic E-state index is 5.68. The Bertz CT molecular complexity index is 493. The minimum absolute atomic E-state index is 0.226. The van der Waals surface area contributed by atoms with Crippen LogP contribution in [0.4, 0.5) is 0 Å². The quantitative estimate of drug-likeness (QED) is 0.622. The van der Waals surface area contributed by atoms with Gasteiger partial charge < -0.3 is 0 Å². The second kappa shape index (κ2) is 5.30. The lowest BCUT2D eigenvalue weighted by Gasteiger charge is -2.22. The zero-order chi connectivity index (χ0) is 12.3. The molecule has 2 unspecified atom stereocenters. The van der Waals surface area contributed by atoms with Gasteiger partial charge >= 0.3 is 0 Å². The SMILES string of the molecule is CCC(C)C(NN)c1ccc2ccccc2c1. The number of nitrogens with two attached hydrogens (primary N) is 1. The Kier molecular flexibility index (Phi) is 3.77. The Hall–Kier alpha value is -1.38. The Morgan fingerprint density at radius 1 is 1.12 bits per heavy atom. The van der Waals surface area contributed by atoms with Crippen LogP contribution >= 0.6 is 0 Å². The van der Waals surface area contributed by atoms with Crippen LogP contribution in [0.15, 0.2) is 42.5 Å². The number of hydrogen-bond donors (Lipinski definition) is 2. The van der Waals surface area contributed by atoms with Crippen LogP contribution in [0.25, 0.3) is 10.8 Å². The summed E-state index contributed by atoms with van der Waals surface area (Å²) < 4.78 is 0. The summed E-state index contributed by atoms with van der Waals surface area (Å²) in [5, 5.41) is 2.55.